The Bertz CT molecular complexity index is 1120. The number of nitrogens with zero attached hydrogens (tertiary/aromatic N) is 4. The second-order valence-corrected chi connectivity index (χ2v) is 8.89. The van der Waals surface area contributed by atoms with E-state index in [1.807, 2.05) is 20.8 Å². The normalized spacial score (nSPS) is 14.3. The molecular weight excluding hydrogens is 426 g/mol. The Balaban J connectivity index is 1.60. The Morgan fingerprint density at radius 1 is 0.848 bits per heavy atom. The van der Waals surface area contributed by atoms with Crippen LogP contribution in [0.15, 0.2) is 54.7 Å². The molecule has 3 aromatic rings. The lowest BCUT2D eigenvalue weighted by Gasteiger charge is -2.36. The Kier molecular flexibility index (Phi) is 6.26. The molecule has 0 atom stereocenters. The van der Waals surface area contributed by atoms with Crippen LogP contribution in [-0.4, -0.2) is 52.7 Å². The van der Waals surface area contributed by atoms with E-state index in [0.717, 1.165) is 0 Å². The molecule has 4 rings (SSSR count). The summed E-state index contributed by atoms with van der Waals surface area (Å²) in [4.78, 5) is 25.5. The highest BCUT2D eigenvalue weighted by molar-refractivity contribution is 5.78. The molecule has 172 valence electrons. The van der Waals surface area contributed by atoms with Gasteiger partial charge in [0.05, 0.1) is 17.6 Å². The number of amides is 1. The first-order chi connectivity index (χ1) is 15.7. The molecule has 0 aliphatic carbocycles. The summed E-state index contributed by atoms with van der Waals surface area (Å²) in [5.74, 6) is -0.0250. The van der Waals surface area contributed by atoms with Crippen molar-refractivity contribution in [2.24, 2.45) is 0 Å². The molecule has 33 heavy (non-hydrogen) atoms. The van der Waals surface area contributed by atoms with Gasteiger partial charge >= 0.3 is 6.09 Å². The summed E-state index contributed by atoms with van der Waals surface area (Å²) in [6.07, 6.45) is 1.35. The Morgan fingerprint density at radius 2 is 1.36 bits per heavy atom. The zero-order valence-electron chi connectivity index (χ0n) is 18.9. The van der Waals surface area contributed by atoms with Crippen molar-refractivity contribution in [1.29, 1.82) is 0 Å². The SMILES string of the molecule is CC(C)(C)OC(=O)N1CCN(c2cnc(-c3ccc(F)cc3)c(-c3ccc(F)cc3)n2)CC1. The topological polar surface area (TPSA) is 58.6 Å². The summed E-state index contributed by atoms with van der Waals surface area (Å²) in [5, 5.41) is 0. The van der Waals surface area contributed by atoms with Gasteiger partial charge < -0.3 is 14.5 Å². The van der Waals surface area contributed by atoms with Gasteiger partial charge in [-0.15, -0.1) is 0 Å². The van der Waals surface area contributed by atoms with Crippen LogP contribution in [0.1, 0.15) is 20.8 Å². The Labute approximate surface area is 191 Å². The number of halogens is 2. The summed E-state index contributed by atoms with van der Waals surface area (Å²) in [6, 6.07) is 12.1. The fourth-order valence-corrected chi connectivity index (χ4v) is 3.60. The van der Waals surface area contributed by atoms with Crippen molar-refractivity contribution >= 4 is 11.9 Å². The van der Waals surface area contributed by atoms with Crippen molar-refractivity contribution in [3.05, 3.63) is 66.4 Å². The van der Waals surface area contributed by atoms with Gasteiger partial charge in [-0.05, 0) is 69.3 Å². The molecule has 0 unspecified atom stereocenters. The number of piperazine rings is 1. The average Bonchev–Trinajstić information content (AvgIpc) is 2.79. The molecule has 2 heterocycles. The predicted octanol–water partition coefficient (Wildman–Crippen LogP) is 5.15. The van der Waals surface area contributed by atoms with Gasteiger partial charge in [-0.1, -0.05) is 0 Å². The van der Waals surface area contributed by atoms with E-state index < -0.39 is 5.60 Å². The van der Waals surface area contributed by atoms with Gasteiger partial charge in [0.2, 0.25) is 0 Å². The Morgan fingerprint density at radius 3 is 1.88 bits per heavy atom. The molecule has 0 N–H and O–H groups in total. The first kappa shape index (κ1) is 22.6. The van der Waals surface area contributed by atoms with Crippen LogP contribution in [0.3, 0.4) is 0 Å². The molecule has 2 aromatic carbocycles. The van der Waals surface area contributed by atoms with Crippen LogP contribution in [0.2, 0.25) is 0 Å². The lowest BCUT2D eigenvalue weighted by Crippen LogP contribution is -2.50. The fourth-order valence-electron chi connectivity index (χ4n) is 3.60. The highest BCUT2D eigenvalue weighted by atomic mass is 19.1. The highest BCUT2D eigenvalue weighted by Crippen LogP contribution is 2.31. The van der Waals surface area contributed by atoms with Crippen LogP contribution in [-0.2, 0) is 4.74 Å². The first-order valence-electron chi connectivity index (χ1n) is 10.8. The van der Waals surface area contributed by atoms with Gasteiger partial charge in [-0.3, -0.25) is 4.98 Å². The number of benzene rings is 2. The van der Waals surface area contributed by atoms with Crippen LogP contribution in [0, 0.1) is 11.6 Å². The molecule has 1 amide bonds. The van der Waals surface area contributed by atoms with Crippen LogP contribution >= 0.6 is 0 Å². The summed E-state index contributed by atoms with van der Waals surface area (Å²) < 4.78 is 32.4. The summed E-state index contributed by atoms with van der Waals surface area (Å²) in [7, 11) is 0. The highest BCUT2D eigenvalue weighted by Gasteiger charge is 2.27. The van der Waals surface area contributed by atoms with Crippen molar-refractivity contribution in [2.45, 2.75) is 26.4 Å². The summed E-state index contributed by atoms with van der Waals surface area (Å²) in [6.45, 7) is 7.69. The number of carbonyl (C=O) groups excluding carboxylic acids is 1. The van der Waals surface area contributed by atoms with Crippen molar-refractivity contribution < 1.29 is 18.3 Å². The van der Waals surface area contributed by atoms with Gasteiger partial charge in [-0.25, -0.2) is 18.6 Å². The van der Waals surface area contributed by atoms with E-state index in [4.69, 9.17) is 9.72 Å². The second kappa shape index (κ2) is 9.13. The maximum atomic E-state index is 13.5. The molecule has 0 spiro atoms. The maximum absolute atomic E-state index is 13.5. The van der Waals surface area contributed by atoms with Crippen molar-refractivity contribution in [3.8, 4) is 22.5 Å². The minimum Gasteiger partial charge on any atom is -0.444 e. The summed E-state index contributed by atoms with van der Waals surface area (Å²) >= 11 is 0. The zero-order valence-corrected chi connectivity index (χ0v) is 18.9. The molecule has 1 fully saturated rings. The standard InChI is InChI=1S/C25H26F2N4O2/c1-25(2,3)33-24(32)31-14-12-30(13-15-31)21-16-28-22(17-4-8-19(26)9-5-17)23(29-21)18-6-10-20(27)11-7-18/h4-11,16H,12-15H2,1-3H3. The maximum Gasteiger partial charge on any atom is 0.410 e. The number of hydrogen-bond acceptors (Lipinski definition) is 5. The minimum atomic E-state index is -0.542. The van der Waals surface area contributed by atoms with E-state index in [-0.39, 0.29) is 17.7 Å². The third-order valence-corrected chi connectivity index (χ3v) is 5.25. The Hall–Kier alpha value is -3.55. The molecule has 0 bridgehead atoms. The van der Waals surface area contributed by atoms with Crippen molar-refractivity contribution in [3.63, 3.8) is 0 Å². The molecule has 0 radical (unpaired) electrons. The molecule has 6 nitrogen and oxygen atoms in total. The third-order valence-electron chi connectivity index (χ3n) is 5.25. The van der Waals surface area contributed by atoms with Gasteiger partial charge in [0, 0.05) is 37.3 Å². The van der Waals surface area contributed by atoms with Crippen LogP contribution in [0.5, 0.6) is 0 Å². The molecule has 1 saturated heterocycles. The van der Waals surface area contributed by atoms with Gasteiger partial charge in [-0.2, -0.15) is 0 Å². The van der Waals surface area contributed by atoms with E-state index >= 15 is 0 Å². The lowest BCUT2D eigenvalue weighted by molar-refractivity contribution is 0.0240. The smallest absolute Gasteiger partial charge is 0.410 e. The molecular formula is C25H26F2N4O2. The average molecular weight is 453 g/mol. The lowest BCUT2D eigenvalue weighted by atomic mass is 10.0. The second-order valence-electron chi connectivity index (χ2n) is 8.89. The third kappa shape index (κ3) is 5.45. The van der Waals surface area contributed by atoms with Crippen molar-refractivity contribution in [2.75, 3.05) is 31.1 Å². The molecule has 1 aromatic heterocycles. The quantitative estimate of drug-likeness (QED) is 0.550. The van der Waals surface area contributed by atoms with Gasteiger partial charge in [0.1, 0.15) is 23.1 Å². The fraction of sp³-hybridized carbons (Fsp3) is 0.320. The van der Waals surface area contributed by atoms with Crippen LogP contribution in [0.4, 0.5) is 19.4 Å². The van der Waals surface area contributed by atoms with Gasteiger partial charge in [0.15, 0.2) is 0 Å². The number of hydrogen-bond donors (Lipinski definition) is 0. The molecule has 1 aliphatic heterocycles. The van der Waals surface area contributed by atoms with E-state index in [0.29, 0.717) is 54.5 Å². The number of carbonyl (C=O) groups is 1. The van der Waals surface area contributed by atoms with E-state index in [1.165, 1.54) is 24.3 Å². The first-order valence-corrected chi connectivity index (χ1v) is 10.8. The van der Waals surface area contributed by atoms with Crippen molar-refractivity contribution in [1.82, 2.24) is 14.9 Å². The molecule has 8 heteroatoms. The predicted molar refractivity (Wildman–Crippen MR) is 123 cm³/mol. The number of rotatable bonds is 3. The molecule has 1 aliphatic rings. The zero-order chi connectivity index (χ0) is 23.6. The monoisotopic (exact) mass is 452 g/mol. The van der Waals surface area contributed by atoms with E-state index in [1.54, 1.807) is 35.4 Å². The van der Waals surface area contributed by atoms with Gasteiger partial charge in [0.25, 0.3) is 0 Å². The van der Waals surface area contributed by atoms with Crippen LogP contribution < -0.4 is 4.90 Å². The van der Waals surface area contributed by atoms with Crippen LogP contribution in [0.25, 0.3) is 22.5 Å². The number of anilines is 1. The molecule has 0 saturated carbocycles. The number of ether oxygens (including phenoxy) is 1. The minimum absolute atomic E-state index is 0.327. The largest absolute Gasteiger partial charge is 0.444 e. The summed E-state index contributed by atoms with van der Waals surface area (Å²) in [5.41, 5.74) is 2.04. The van der Waals surface area contributed by atoms with E-state index in [9.17, 15) is 13.6 Å². The van der Waals surface area contributed by atoms with E-state index in [2.05, 4.69) is 9.88 Å². The number of aromatic nitrogens is 2.